The van der Waals surface area contributed by atoms with Crippen molar-refractivity contribution in [1.82, 2.24) is 9.88 Å². The molecule has 2 aliphatic heterocycles. The second-order valence-corrected chi connectivity index (χ2v) is 12.3. The number of carboxylic acids is 1. The van der Waals surface area contributed by atoms with Crippen molar-refractivity contribution in [2.45, 2.75) is 44.4 Å². The minimum atomic E-state index is -5.07. The van der Waals surface area contributed by atoms with Gasteiger partial charge in [-0.1, -0.05) is 6.07 Å². The highest BCUT2D eigenvalue weighted by molar-refractivity contribution is 7.12. The molecule has 2 atom stereocenters. The van der Waals surface area contributed by atoms with E-state index in [0.717, 1.165) is 30.8 Å². The largest absolute Gasteiger partial charge is 0.496 e. The third-order valence-electron chi connectivity index (χ3n) is 8.42. The minimum Gasteiger partial charge on any atom is -0.496 e. The van der Waals surface area contributed by atoms with Gasteiger partial charge in [0.25, 0.3) is 0 Å². The Kier molecular flexibility index (Phi) is 8.52. The normalized spacial score (nSPS) is 18.1. The standard InChI is InChI=1S/C33H27F6N3O5S/c1-17-29(19-10-21(32(34,35)36)14-22(11-19)33(37,38)39)47-31(45)42(17)15-25-23(5-7-28(40-25)41-8-3-9-41)24-12-18(4-6-26(24)46-2)20-13-27(30(43)44)48-16-20/h4-7,10-14,16-17,29H,3,8-9,15H2,1-2H3,(H,43,44)/t17-,29-/m0/s1. The molecule has 6 rings (SSSR count). The number of carbonyl (C=O) groups excluding carboxylic acids is 1. The van der Waals surface area contributed by atoms with Crippen LogP contribution in [-0.2, 0) is 23.6 Å². The third kappa shape index (κ3) is 6.38. The highest BCUT2D eigenvalue weighted by Crippen LogP contribution is 2.43. The second-order valence-electron chi connectivity index (χ2n) is 11.4. The van der Waals surface area contributed by atoms with E-state index in [1.807, 2.05) is 11.0 Å². The van der Waals surface area contributed by atoms with Crippen molar-refractivity contribution in [3.63, 3.8) is 0 Å². The van der Waals surface area contributed by atoms with Crippen LogP contribution in [0.15, 0.2) is 60.0 Å². The molecule has 0 aliphatic carbocycles. The van der Waals surface area contributed by atoms with Crippen molar-refractivity contribution >= 4 is 29.2 Å². The predicted octanol–water partition coefficient (Wildman–Crippen LogP) is 8.51. The molecule has 48 heavy (non-hydrogen) atoms. The molecule has 15 heteroatoms. The molecule has 0 unspecified atom stereocenters. The van der Waals surface area contributed by atoms with Crippen molar-refractivity contribution in [2.75, 3.05) is 25.1 Å². The van der Waals surface area contributed by atoms with E-state index in [2.05, 4.69) is 0 Å². The molecular formula is C33H27F6N3O5S. The van der Waals surface area contributed by atoms with E-state index >= 15 is 0 Å². The summed E-state index contributed by atoms with van der Waals surface area (Å²) in [6, 6.07) is 10.6. The second kappa shape index (κ2) is 12.3. The first-order chi connectivity index (χ1) is 22.6. The number of aromatic carboxylic acids is 1. The van der Waals surface area contributed by atoms with Crippen LogP contribution in [0, 0.1) is 0 Å². The summed E-state index contributed by atoms with van der Waals surface area (Å²) in [5, 5.41) is 11.1. The molecule has 1 amide bonds. The Hall–Kier alpha value is -4.79. The lowest BCUT2D eigenvalue weighted by Crippen LogP contribution is -2.38. The molecule has 0 spiro atoms. The van der Waals surface area contributed by atoms with Gasteiger partial charge in [0.15, 0.2) is 0 Å². The topological polar surface area (TPSA) is 92.2 Å². The molecule has 1 N–H and O–H groups in total. The SMILES string of the molecule is COc1ccc(-c2csc(C(=O)O)c2)cc1-c1ccc(N2CCC2)nc1CN1C(=O)O[C@H](c2cc(C(F)(F)F)cc(C(F)(F)F)c2)[C@@H]1C. The summed E-state index contributed by atoms with van der Waals surface area (Å²) >= 11 is 1.07. The monoisotopic (exact) mass is 691 g/mol. The zero-order valence-electron chi connectivity index (χ0n) is 25.4. The molecule has 4 heterocycles. The van der Waals surface area contributed by atoms with E-state index in [-0.39, 0.29) is 17.5 Å². The molecule has 0 saturated carbocycles. The van der Waals surface area contributed by atoms with E-state index < -0.39 is 53.3 Å². The van der Waals surface area contributed by atoms with Crippen LogP contribution in [-0.4, -0.2) is 53.3 Å². The van der Waals surface area contributed by atoms with Crippen LogP contribution in [0.4, 0.5) is 37.0 Å². The molecular weight excluding hydrogens is 664 g/mol. The lowest BCUT2D eigenvalue weighted by molar-refractivity contribution is -0.143. The minimum absolute atomic E-state index is 0.0280. The van der Waals surface area contributed by atoms with E-state index in [0.29, 0.717) is 51.6 Å². The maximum absolute atomic E-state index is 13.6. The van der Waals surface area contributed by atoms with Gasteiger partial charge in [0.2, 0.25) is 0 Å². The molecule has 2 aromatic carbocycles. The summed E-state index contributed by atoms with van der Waals surface area (Å²) < 4.78 is 92.7. The van der Waals surface area contributed by atoms with Crippen molar-refractivity contribution in [3.05, 3.63) is 87.2 Å². The molecule has 2 aliphatic rings. The summed E-state index contributed by atoms with van der Waals surface area (Å²) in [7, 11) is 1.47. The number of rotatable bonds is 8. The number of cyclic esters (lactones) is 1. The molecule has 2 saturated heterocycles. The number of ether oxygens (including phenoxy) is 2. The average molecular weight is 692 g/mol. The quantitative estimate of drug-likeness (QED) is 0.185. The number of thiophene rings is 1. The number of amides is 1. The number of pyridine rings is 1. The molecule has 252 valence electrons. The average Bonchev–Trinajstić information content (AvgIpc) is 3.61. The molecule has 2 aromatic heterocycles. The Bertz CT molecular complexity index is 1860. The Morgan fingerprint density at radius 3 is 2.23 bits per heavy atom. The van der Waals surface area contributed by atoms with Crippen LogP contribution in [0.3, 0.4) is 0 Å². The lowest BCUT2D eigenvalue weighted by atomic mass is 9.96. The summed E-state index contributed by atoms with van der Waals surface area (Å²) in [5.41, 5.74) is -0.599. The van der Waals surface area contributed by atoms with Crippen LogP contribution >= 0.6 is 11.3 Å². The molecule has 2 fully saturated rings. The van der Waals surface area contributed by atoms with E-state index in [1.165, 1.54) is 18.9 Å². The third-order valence-corrected chi connectivity index (χ3v) is 9.34. The number of carboxylic acid groups (broad SMARTS) is 1. The van der Waals surface area contributed by atoms with Crippen molar-refractivity contribution in [3.8, 4) is 28.0 Å². The van der Waals surface area contributed by atoms with E-state index in [1.54, 1.807) is 35.7 Å². The zero-order valence-corrected chi connectivity index (χ0v) is 26.2. The van der Waals surface area contributed by atoms with Crippen LogP contribution < -0.4 is 9.64 Å². The zero-order chi connectivity index (χ0) is 34.5. The Morgan fingerprint density at radius 2 is 1.67 bits per heavy atom. The van der Waals surface area contributed by atoms with Crippen LogP contribution in [0.2, 0.25) is 0 Å². The van der Waals surface area contributed by atoms with Crippen LogP contribution in [0.5, 0.6) is 5.75 Å². The van der Waals surface area contributed by atoms with Gasteiger partial charge in [-0.15, -0.1) is 11.3 Å². The first-order valence-corrected chi connectivity index (χ1v) is 15.5. The first kappa shape index (κ1) is 33.1. The van der Waals surface area contributed by atoms with Gasteiger partial charge in [-0.3, -0.25) is 4.90 Å². The lowest BCUT2D eigenvalue weighted by Gasteiger charge is -2.33. The Balaban J connectivity index is 1.39. The number of benzene rings is 2. The van der Waals surface area contributed by atoms with Crippen molar-refractivity contribution < 1.29 is 50.5 Å². The number of hydrogen-bond acceptors (Lipinski definition) is 7. The number of hydrogen-bond donors (Lipinski definition) is 1. The first-order valence-electron chi connectivity index (χ1n) is 14.7. The van der Waals surface area contributed by atoms with Crippen LogP contribution in [0.25, 0.3) is 22.3 Å². The van der Waals surface area contributed by atoms with Gasteiger partial charge in [-0.25, -0.2) is 14.6 Å². The summed E-state index contributed by atoms with van der Waals surface area (Å²) in [6.45, 7) is 2.82. The number of carbonyl (C=O) groups is 2. The number of aromatic nitrogens is 1. The number of nitrogens with zero attached hydrogens (tertiary/aromatic N) is 3. The van der Waals surface area contributed by atoms with Gasteiger partial charge in [0.05, 0.1) is 36.5 Å². The fourth-order valence-electron chi connectivity index (χ4n) is 5.74. The predicted molar refractivity (Wildman–Crippen MR) is 164 cm³/mol. The van der Waals surface area contributed by atoms with Crippen molar-refractivity contribution in [1.29, 1.82) is 0 Å². The highest BCUT2D eigenvalue weighted by atomic mass is 32.1. The van der Waals surface area contributed by atoms with Gasteiger partial charge >= 0.3 is 24.4 Å². The molecule has 0 bridgehead atoms. The maximum Gasteiger partial charge on any atom is 0.416 e. The highest BCUT2D eigenvalue weighted by Gasteiger charge is 2.43. The number of anilines is 1. The Morgan fingerprint density at radius 1 is 0.979 bits per heavy atom. The van der Waals surface area contributed by atoms with Gasteiger partial charge < -0.3 is 19.5 Å². The summed E-state index contributed by atoms with van der Waals surface area (Å²) in [4.78, 5) is 33.0. The van der Waals surface area contributed by atoms with Gasteiger partial charge in [0, 0.05) is 24.2 Å². The number of methoxy groups -OCH3 is 1. The molecule has 8 nitrogen and oxygen atoms in total. The van der Waals surface area contributed by atoms with Crippen molar-refractivity contribution in [2.24, 2.45) is 0 Å². The maximum atomic E-state index is 13.6. The molecule has 4 aromatic rings. The Labute approximate surface area is 274 Å². The van der Waals surface area contributed by atoms with Gasteiger partial charge in [0.1, 0.15) is 22.5 Å². The fourth-order valence-corrected chi connectivity index (χ4v) is 6.49. The van der Waals surface area contributed by atoms with E-state index in [4.69, 9.17) is 14.5 Å². The fraction of sp³-hybridized carbons (Fsp3) is 0.303. The number of halogens is 6. The summed E-state index contributed by atoms with van der Waals surface area (Å²) in [5.74, 6) is 0.0204. The van der Waals surface area contributed by atoms with Gasteiger partial charge in [-0.2, -0.15) is 26.3 Å². The number of alkyl halides is 6. The summed E-state index contributed by atoms with van der Waals surface area (Å²) in [6.07, 6.45) is -11.5. The van der Waals surface area contributed by atoms with E-state index in [9.17, 15) is 41.0 Å². The van der Waals surface area contributed by atoms with Crippen LogP contribution in [0.1, 0.15) is 51.5 Å². The molecule has 0 radical (unpaired) electrons. The smallest absolute Gasteiger partial charge is 0.416 e. The van der Waals surface area contributed by atoms with Gasteiger partial charge in [-0.05, 0) is 83.9 Å².